The summed E-state index contributed by atoms with van der Waals surface area (Å²) in [5, 5.41) is 28.9. The Morgan fingerprint density at radius 1 is 1.33 bits per heavy atom. The second-order valence-electron chi connectivity index (χ2n) is 10.2. The lowest BCUT2D eigenvalue weighted by atomic mass is 9.96. The Hall–Kier alpha value is -4.05. The molecule has 3 N–H and O–H groups in total. The van der Waals surface area contributed by atoms with E-state index in [1.807, 2.05) is 32.1 Å². The van der Waals surface area contributed by atoms with Crippen LogP contribution >= 0.6 is 0 Å². The SMILES string of the molecule is CC(=O)Nc1cc(-c2n[nH]c(C)c2/C=C(\C)c2nnc([C@@H]3CCCN(CC4=C(F)CCC=C4)C3)o2)ccc1O. The molecule has 2 aliphatic rings. The highest BCUT2D eigenvalue weighted by atomic mass is 19.1. The van der Waals surface area contributed by atoms with Crippen LogP contribution in [0.2, 0.25) is 0 Å². The number of aromatic hydroxyl groups is 1. The molecule has 0 saturated carbocycles. The summed E-state index contributed by atoms with van der Waals surface area (Å²) < 4.78 is 20.4. The Morgan fingerprint density at radius 2 is 2.18 bits per heavy atom. The Labute approximate surface area is 226 Å². The summed E-state index contributed by atoms with van der Waals surface area (Å²) in [4.78, 5) is 13.8. The molecular formula is C29H33FN6O3. The number of allylic oxidation sites excluding steroid dienone is 3. The lowest BCUT2D eigenvalue weighted by Crippen LogP contribution is -2.36. The molecule has 1 saturated heterocycles. The topological polar surface area (TPSA) is 120 Å². The van der Waals surface area contributed by atoms with Crippen molar-refractivity contribution >= 4 is 23.2 Å². The first-order valence-corrected chi connectivity index (χ1v) is 13.2. The van der Waals surface area contributed by atoms with Crippen molar-refractivity contribution in [3.63, 3.8) is 0 Å². The third kappa shape index (κ3) is 6.01. The number of aromatic amines is 1. The number of aryl methyl sites for hydroxylation is 1. The molecule has 1 amide bonds. The fourth-order valence-corrected chi connectivity index (χ4v) is 5.11. The number of piperidine rings is 1. The number of aromatic nitrogens is 4. The molecule has 10 heteroatoms. The van der Waals surface area contributed by atoms with Gasteiger partial charge in [0.05, 0.1) is 17.3 Å². The summed E-state index contributed by atoms with van der Waals surface area (Å²) in [5.41, 5.74) is 4.95. The molecule has 1 atom stereocenters. The second kappa shape index (κ2) is 11.4. The van der Waals surface area contributed by atoms with Crippen LogP contribution in [0.5, 0.6) is 5.75 Å². The predicted molar refractivity (Wildman–Crippen MR) is 147 cm³/mol. The van der Waals surface area contributed by atoms with E-state index in [9.17, 15) is 14.3 Å². The fraction of sp³-hybridized carbons (Fsp3) is 0.379. The normalized spacial score (nSPS) is 18.6. The summed E-state index contributed by atoms with van der Waals surface area (Å²) in [5.74, 6) is 0.819. The zero-order valence-electron chi connectivity index (χ0n) is 22.4. The standard InChI is InChI=1S/C29H33FN6O3/c1-17(13-23-18(2)32-33-27(23)20-10-11-26(38)25(14-20)31-19(3)37)28-34-35-29(39-28)22-8-6-12-36(16-22)15-21-7-4-5-9-24(21)30/h4,7,10-11,13-14,22,38H,5-6,8-9,12,15-16H2,1-3H3,(H,31,37)(H,32,33)/b17-13+/t22-/m1/s1. The number of phenols is 1. The molecule has 0 bridgehead atoms. The van der Waals surface area contributed by atoms with Crippen LogP contribution in [0, 0.1) is 6.92 Å². The molecular weight excluding hydrogens is 499 g/mol. The minimum absolute atomic E-state index is 0.00647. The smallest absolute Gasteiger partial charge is 0.243 e. The number of H-pyrrole nitrogens is 1. The van der Waals surface area contributed by atoms with Gasteiger partial charge in [-0.25, -0.2) is 4.39 Å². The summed E-state index contributed by atoms with van der Waals surface area (Å²) >= 11 is 0. The van der Waals surface area contributed by atoms with Gasteiger partial charge < -0.3 is 14.8 Å². The maximum absolute atomic E-state index is 14.2. The van der Waals surface area contributed by atoms with E-state index in [0.717, 1.165) is 60.3 Å². The van der Waals surface area contributed by atoms with Crippen LogP contribution in [0.1, 0.15) is 68.5 Å². The van der Waals surface area contributed by atoms with Crippen LogP contribution in [-0.4, -0.2) is 55.9 Å². The number of nitrogens with zero attached hydrogens (tertiary/aromatic N) is 4. The number of carbonyl (C=O) groups is 1. The average molecular weight is 533 g/mol. The lowest BCUT2D eigenvalue weighted by molar-refractivity contribution is -0.114. The lowest BCUT2D eigenvalue weighted by Gasteiger charge is -2.31. The molecule has 0 spiro atoms. The van der Waals surface area contributed by atoms with Crippen molar-refractivity contribution in [3.8, 4) is 17.0 Å². The minimum Gasteiger partial charge on any atom is -0.506 e. The van der Waals surface area contributed by atoms with E-state index in [1.165, 1.54) is 13.0 Å². The van der Waals surface area contributed by atoms with Gasteiger partial charge in [-0.15, -0.1) is 10.2 Å². The minimum atomic E-state index is -0.278. The monoisotopic (exact) mass is 532 g/mol. The molecule has 1 fully saturated rings. The first kappa shape index (κ1) is 26.6. The Balaban J connectivity index is 1.34. The molecule has 3 aromatic rings. The van der Waals surface area contributed by atoms with Gasteiger partial charge in [0.1, 0.15) is 11.6 Å². The summed E-state index contributed by atoms with van der Waals surface area (Å²) in [6, 6.07) is 4.95. The number of likely N-dealkylation sites (tertiary alicyclic amines) is 1. The number of nitrogens with one attached hydrogen (secondary N) is 2. The van der Waals surface area contributed by atoms with E-state index in [-0.39, 0.29) is 23.4 Å². The van der Waals surface area contributed by atoms with Crippen LogP contribution in [0.25, 0.3) is 22.9 Å². The van der Waals surface area contributed by atoms with Crippen molar-refractivity contribution < 1.29 is 18.7 Å². The van der Waals surface area contributed by atoms with Gasteiger partial charge in [0, 0.05) is 48.8 Å². The van der Waals surface area contributed by atoms with Gasteiger partial charge in [-0.2, -0.15) is 5.10 Å². The van der Waals surface area contributed by atoms with Gasteiger partial charge in [0.15, 0.2) is 0 Å². The Kier molecular flexibility index (Phi) is 7.74. The van der Waals surface area contributed by atoms with Crippen molar-refractivity contribution in [2.24, 2.45) is 0 Å². The van der Waals surface area contributed by atoms with E-state index in [0.29, 0.717) is 36.1 Å². The quantitative estimate of drug-likeness (QED) is 0.332. The number of halogens is 1. The molecule has 2 aromatic heterocycles. The Morgan fingerprint density at radius 3 is 2.97 bits per heavy atom. The molecule has 204 valence electrons. The van der Waals surface area contributed by atoms with Crippen LogP contribution in [0.15, 0.2) is 46.2 Å². The first-order valence-electron chi connectivity index (χ1n) is 13.2. The number of anilines is 1. The molecule has 1 aromatic carbocycles. The van der Waals surface area contributed by atoms with Crippen molar-refractivity contribution in [3.05, 3.63) is 64.8 Å². The van der Waals surface area contributed by atoms with E-state index in [2.05, 4.69) is 30.6 Å². The maximum atomic E-state index is 14.2. The van der Waals surface area contributed by atoms with Crippen molar-refractivity contribution in [1.82, 2.24) is 25.3 Å². The van der Waals surface area contributed by atoms with Crippen LogP contribution in [0.3, 0.4) is 0 Å². The Bertz CT molecular complexity index is 1470. The zero-order valence-corrected chi connectivity index (χ0v) is 22.4. The number of benzene rings is 1. The van der Waals surface area contributed by atoms with Crippen molar-refractivity contribution in [2.75, 3.05) is 25.0 Å². The number of hydrogen-bond acceptors (Lipinski definition) is 7. The molecule has 0 unspecified atom stereocenters. The van der Waals surface area contributed by atoms with Crippen LogP contribution in [-0.2, 0) is 4.79 Å². The second-order valence-corrected chi connectivity index (χ2v) is 10.2. The molecule has 3 heterocycles. The third-order valence-corrected chi connectivity index (χ3v) is 7.16. The summed E-state index contributed by atoms with van der Waals surface area (Å²) in [6.45, 7) is 7.48. The number of amides is 1. The van der Waals surface area contributed by atoms with Gasteiger partial charge in [-0.05, 0) is 69.5 Å². The number of phenolic OH excluding ortho intramolecular Hbond substituents is 1. The fourth-order valence-electron chi connectivity index (χ4n) is 5.11. The van der Waals surface area contributed by atoms with Crippen molar-refractivity contribution in [1.29, 1.82) is 0 Å². The number of hydrogen-bond donors (Lipinski definition) is 3. The van der Waals surface area contributed by atoms with E-state index in [1.54, 1.807) is 12.1 Å². The van der Waals surface area contributed by atoms with E-state index >= 15 is 0 Å². The highest BCUT2D eigenvalue weighted by Crippen LogP contribution is 2.34. The van der Waals surface area contributed by atoms with E-state index < -0.39 is 0 Å². The molecule has 39 heavy (non-hydrogen) atoms. The zero-order chi connectivity index (χ0) is 27.5. The molecule has 1 aliphatic heterocycles. The summed E-state index contributed by atoms with van der Waals surface area (Å²) in [7, 11) is 0. The van der Waals surface area contributed by atoms with Gasteiger partial charge in [0.2, 0.25) is 17.7 Å². The first-order chi connectivity index (χ1) is 18.8. The number of rotatable bonds is 7. The average Bonchev–Trinajstić information content (AvgIpc) is 3.55. The van der Waals surface area contributed by atoms with Gasteiger partial charge in [0.25, 0.3) is 0 Å². The van der Waals surface area contributed by atoms with Gasteiger partial charge in [-0.3, -0.25) is 14.8 Å². The predicted octanol–water partition coefficient (Wildman–Crippen LogP) is 5.75. The highest BCUT2D eigenvalue weighted by molar-refractivity contribution is 5.92. The van der Waals surface area contributed by atoms with Gasteiger partial charge in [-0.1, -0.05) is 12.2 Å². The van der Waals surface area contributed by atoms with Crippen LogP contribution < -0.4 is 5.32 Å². The van der Waals surface area contributed by atoms with Gasteiger partial charge >= 0.3 is 0 Å². The number of carbonyl (C=O) groups excluding carboxylic acids is 1. The molecule has 1 aliphatic carbocycles. The van der Waals surface area contributed by atoms with Crippen molar-refractivity contribution in [2.45, 2.75) is 52.4 Å². The molecule has 9 nitrogen and oxygen atoms in total. The summed E-state index contributed by atoms with van der Waals surface area (Å²) in [6.07, 6.45) is 9.07. The highest BCUT2D eigenvalue weighted by Gasteiger charge is 2.27. The maximum Gasteiger partial charge on any atom is 0.243 e. The largest absolute Gasteiger partial charge is 0.506 e. The van der Waals surface area contributed by atoms with Crippen LogP contribution in [0.4, 0.5) is 10.1 Å². The van der Waals surface area contributed by atoms with E-state index in [4.69, 9.17) is 4.42 Å². The molecule has 5 rings (SSSR count). The third-order valence-electron chi connectivity index (χ3n) is 7.16. The molecule has 0 radical (unpaired) electrons.